The highest BCUT2D eigenvalue weighted by molar-refractivity contribution is 9.11. The number of carbonyl (C=O) groups is 1. The summed E-state index contributed by atoms with van der Waals surface area (Å²) in [5.74, 6) is -0.819. The number of halogens is 1. The first-order valence-electron chi connectivity index (χ1n) is 5.09. The number of carboxylic acids is 1. The van der Waals surface area contributed by atoms with Gasteiger partial charge in [0.1, 0.15) is 5.75 Å². The zero-order valence-corrected chi connectivity index (χ0v) is 12.2. The second-order valence-corrected chi connectivity index (χ2v) is 6.38. The molecule has 0 fully saturated rings. The number of carboxylic acid groups (broad SMARTS) is 1. The molecule has 0 radical (unpaired) electrons. The molecule has 0 aromatic heterocycles. The zero-order valence-electron chi connectivity index (χ0n) is 9.80. The number of sulfonamides is 1. The Kier molecular flexibility index (Phi) is 5.52. The van der Waals surface area contributed by atoms with Crippen LogP contribution >= 0.6 is 15.9 Å². The van der Waals surface area contributed by atoms with Crippen LogP contribution in [0.2, 0.25) is 0 Å². The zero-order chi connectivity index (χ0) is 14.5. The Morgan fingerprint density at radius 2 is 1.95 bits per heavy atom. The normalized spacial score (nSPS) is 11.0. The van der Waals surface area contributed by atoms with Gasteiger partial charge in [-0.2, -0.15) is 0 Å². The van der Waals surface area contributed by atoms with Crippen molar-refractivity contribution >= 4 is 31.9 Å². The van der Waals surface area contributed by atoms with Crippen LogP contribution < -0.4 is 9.46 Å². The van der Waals surface area contributed by atoms with Crippen molar-refractivity contribution in [1.29, 1.82) is 0 Å². The summed E-state index contributed by atoms with van der Waals surface area (Å²) in [5, 5.41) is 8.44. The smallest absolute Gasteiger partial charge is 0.341 e. The highest BCUT2D eigenvalue weighted by Crippen LogP contribution is 2.16. The molecule has 0 aliphatic rings. The maximum atomic E-state index is 11.8. The molecule has 0 heterocycles. The predicted octanol–water partition coefficient (Wildman–Crippen LogP) is 1.34. The van der Waals surface area contributed by atoms with Crippen LogP contribution in [0.5, 0.6) is 5.75 Å². The van der Waals surface area contributed by atoms with Gasteiger partial charge in [0, 0.05) is 11.0 Å². The third-order valence-electron chi connectivity index (χ3n) is 1.95. The molecule has 1 rings (SSSR count). The predicted molar refractivity (Wildman–Crippen MR) is 72.8 cm³/mol. The second kappa shape index (κ2) is 6.69. The first-order chi connectivity index (χ1) is 8.81. The summed E-state index contributed by atoms with van der Waals surface area (Å²) in [4.78, 5) is 10.4. The first kappa shape index (κ1) is 15.7. The molecule has 0 aliphatic heterocycles. The lowest BCUT2D eigenvalue weighted by atomic mass is 10.3. The summed E-state index contributed by atoms with van der Waals surface area (Å²) in [6.07, 6.45) is 0. The topological polar surface area (TPSA) is 92.7 Å². The second-order valence-electron chi connectivity index (χ2n) is 3.50. The van der Waals surface area contributed by atoms with Gasteiger partial charge in [-0.1, -0.05) is 22.5 Å². The standard InChI is InChI=1S/C11H12BrNO5S/c1-8(12)6-13-19(16,17)10-4-2-9(3-5-10)18-7-11(14)15/h2-5,13H,1,6-7H2,(H,14,15). The molecule has 0 aliphatic carbocycles. The van der Waals surface area contributed by atoms with Gasteiger partial charge in [0.15, 0.2) is 6.61 Å². The molecular formula is C11H12BrNO5S. The number of hydrogen-bond donors (Lipinski definition) is 2. The molecule has 1 aromatic carbocycles. The fraction of sp³-hybridized carbons (Fsp3) is 0.182. The molecule has 2 N–H and O–H groups in total. The van der Waals surface area contributed by atoms with Crippen molar-refractivity contribution in [2.24, 2.45) is 0 Å². The monoisotopic (exact) mass is 349 g/mol. The van der Waals surface area contributed by atoms with E-state index in [9.17, 15) is 13.2 Å². The van der Waals surface area contributed by atoms with Gasteiger partial charge in [-0.15, -0.1) is 0 Å². The molecular weight excluding hydrogens is 338 g/mol. The highest BCUT2D eigenvalue weighted by atomic mass is 79.9. The van der Waals surface area contributed by atoms with Crippen molar-refractivity contribution in [3.63, 3.8) is 0 Å². The Hall–Kier alpha value is -1.38. The molecule has 0 bridgehead atoms. The van der Waals surface area contributed by atoms with Crippen molar-refractivity contribution in [2.75, 3.05) is 13.2 Å². The third-order valence-corrected chi connectivity index (χ3v) is 3.65. The number of benzene rings is 1. The van der Waals surface area contributed by atoms with E-state index in [2.05, 4.69) is 27.2 Å². The van der Waals surface area contributed by atoms with Gasteiger partial charge in [-0.05, 0) is 24.3 Å². The SMILES string of the molecule is C=C(Br)CNS(=O)(=O)c1ccc(OCC(=O)O)cc1. The van der Waals surface area contributed by atoms with E-state index >= 15 is 0 Å². The fourth-order valence-electron chi connectivity index (χ4n) is 1.12. The number of rotatable bonds is 7. The maximum absolute atomic E-state index is 11.8. The van der Waals surface area contributed by atoms with Crippen molar-refractivity contribution < 1.29 is 23.1 Å². The number of aliphatic carboxylic acids is 1. The van der Waals surface area contributed by atoms with E-state index in [1.165, 1.54) is 24.3 Å². The lowest BCUT2D eigenvalue weighted by Gasteiger charge is -2.07. The highest BCUT2D eigenvalue weighted by Gasteiger charge is 2.13. The number of hydrogen-bond acceptors (Lipinski definition) is 4. The third kappa shape index (κ3) is 5.41. The fourth-order valence-corrected chi connectivity index (χ4v) is 2.47. The van der Waals surface area contributed by atoms with Crippen LogP contribution in [0, 0.1) is 0 Å². The van der Waals surface area contributed by atoms with Crippen LogP contribution in [0.1, 0.15) is 0 Å². The van der Waals surface area contributed by atoms with Gasteiger partial charge in [-0.25, -0.2) is 17.9 Å². The molecule has 0 unspecified atom stereocenters. The average Bonchev–Trinajstić information content (AvgIpc) is 2.34. The van der Waals surface area contributed by atoms with E-state index in [1.54, 1.807) is 0 Å². The van der Waals surface area contributed by atoms with Crippen LogP contribution in [-0.4, -0.2) is 32.6 Å². The summed E-state index contributed by atoms with van der Waals surface area (Å²) in [6, 6.07) is 5.44. The van der Waals surface area contributed by atoms with Gasteiger partial charge >= 0.3 is 5.97 Å². The lowest BCUT2D eigenvalue weighted by molar-refractivity contribution is -0.139. The van der Waals surface area contributed by atoms with Gasteiger partial charge in [0.2, 0.25) is 10.0 Å². The lowest BCUT2D eigenvalue weighted by Crippen LogP contribution is -2.24. The number of ether oxygens (including phenoxy) is 1. The molecule has 6 nitrogen and oxygen atoms in total. The minimum absolute atomic E-state index is 0.0592. The van der Waals surface area contributed by atoms with E-state index < -0.39 is 22.6 Å². The van der Waals surface area contributed by atoms with Crippen molar-refractivity contribution in [1.82, 2.24) is 4.72 Å². The maximum Gasteiger partial charge on any atom is 0.341 e. The van der Waals surface area contributed by atoms with Crippen LogP contribution in [0.15, 0.2) is 40.2 Å². The van der Waals surface area contributed by atoms with Gasteiger partial charge in [0.05, 0.1) is 4.90 Å². The molecule has 0 atom stereocenters. The molecule has 0 saturated carbocycles. The first-order valence-corrected chi connectivity index (χ1v) is 7.36. The Balaban J connectivity index is 2.74. The summed E-state index contributed by atoms with van der Waals surface area (Å²) in [5.41, 5.74) is 0. The minimum Gasteiger partial charge on any atom is -0.482 e. The Bertz CT molecular complexity index is 567. The van der Waals surface area contributed by atoms with Crippen molar-refractivity contribution in [3.8, 4) is 5.75 Å². The molecule has 8 heteroatoms. The van der Waals surface area contributed by atoms with E-state index in [4.69, 9.17) is 9.84 Å². The summed E-state index contributed by atoms with van der Waals surface area (Å²) in [6.45, 7) is 3.13. The van der Waals surface area contributed by atoms with Gasteiger partial charge in [-0.3, -0.25) is 0 Å². The average molecular weight is 350 g/mol. The minimum atomic E-state index is -3.62. The van der Waals surface area contributed by atoms with E-state index in [0.29, 0.717) is 4.48 Å². The van der Waals surface area contributed by atoms with Gasteiger partial charge in [0.25, 0.3) is 0 Å². The Morgan fingerprint density at radius 1 is 1.37 bits per heavy atom. The van der Waals surface area contributed by atoms with Gasteiger partial charge < -0.3 is 9.84 Å². The summed E-state index contributed by atoms with van der Waals surface area (Å²) < 4.78 is 31.4. The molecule has 104 valence electrons. The molecule has 1 aromatic rings. The summed E-state index contributed by atoms with van der Waals surface area (Å²) >= 11 is 3.05. The largest absolute Gasteiger partial charge is 0.482 e. The van der Waals surface area contributed by atoms with Crippen LogP contribution in [0.25, 0.3) is 0 Å². The van der Waals surface area contributed by atoms with Crippen LogP contribution in [0.4, 0.5) is 0 Å². The molecule has 19 heavy (non-hydrogen) atoms. The summed E-state index contributed by atoms with van der Waals surface area (Å²) in [7, 11) is -3.62. The van der Waals surface area contributed by atoms with Crippen molar-refractivity contribution in [2.45, 2.75) is 4.90 Å². The Labute approximate surface area is 119 Å². The Morgan fingerprint density at radius 3 is 2.42 bits per heavy atom. The van der Waals surface area contributed by atoms with Crippen LogP contribution in [-0.2, 0) is 14.8 Å². The quantitative estimate of drug-likeness (QED) is 0.774. The molecule has 0 spiro atoms. The molecule has 0 saturated heterocycles. The van der Waals surface area contributed by atoms with Crippen molar-refractivity contribution in [3.05, 3.63) is 35.3 Å². The molecule has 0 amide bonds. The van der Waals surface area contributed by atoms with E-state index in [1.807, 2.05) is 0 Å². The van der Waals surface area contributed by atoms with Crippen LogP contribution in [0.3, 0.4) is 0 Å². The number of nitrogens with one attached hydrogen (secondary N) is 1. The van der Waals surface area contributed by atoms with E-state index in [-0.39, 0.29) is 17.2 Å². The van der Waals surface area contributed by atoms with E-state index in [0.717, 1.165) is 0 Å².